The maximum Gasteiger partial charge on any atom is 0.137 e. The van der Waals surface area contributed by atoms with Gasteiger partial charge in [-0.2, -0.15) is 0 Å². The molecule has 1 rings (SSSR count). The van der Waals surface area contributed by atoms with Gasteiger partial charge >= 0.3 is 0 Å². The molecule has 0 atom stereocenters. The molecule has 0 bridgehead atoms. The monoisotopic (exact) mass is 329 g/mol. The van der Waals surface area contributed by atoms with Crippen LogP contribution in [0.1, 0.15) is 38.7 Å². The standard InChI is InChI=1S/C15H21BrFNO/c1-15(2,5-6-18)4-3-14(19)9-11-7-12(16)10-13(17)8-11/h7-8,10H,3-6,9,18H2,1-2H3. The summed E-state index contributed by atoms with van der Waals surface area (Å²) >= 11 is 3.23. The van der Waals surface area contributed by atoms with E-state index in [9.17, 15) is 9.18 Å². The van der Waals surface area contributed by atoms with Gasteiger partial charge in [0.2, 0.25) is 0 Å². The Hall–Kier alpha value is -0.740. The minimum atomic E-state index is -0.319. The molecule has 1 aromatic carbocycles. The smallest absolute Gasteiger partial charge is 0.137 e. The van der Waals surface area contributed by atoms with Crippen molar-refractivity contribution in [1.29, 1.82) is 0 Å². The van der Waals surface area contributed by atoms with Gasteiger partial charge in [-0.25, -0.2) is 4.39 Å². The molecule has 0 aliphatic heterocycles. The van der Waals surface area contributed by atoms with E-state index in [4.69, 9.17) is 5.73 Å². The van der Waals surface area contributed by atoms with Crippen molar-refractivity contribution in [3.05, 3.63) is 34.1 Å². The third-order valence-electron chi connectivity index (χ3n) is 3.23. The lowest BCUT2D eigenvalue weighted by Crippen LogP contribution is -2.18. The molecule has 0 aliphatic rings. The van der Waals surface area contributed by atoms with Crippen LogP contribution in [0.3, 0.4) is 0 Å². The summed E-state index contributed by atoms with van der Waals surface area (Å²) in [4.78, 5) is 11.9. The molecule has 0 aromatic heterocycles. The predicted octanol–water partition coefficient (Wildman–Crippen LogP) is 3.86. The van der Waals surface area contributed by atoms with Gasteiger partial charge in [0.1, 0.15) is 11.6 Å². The van der Waals surface area contributed by atoms with Crippen molar-refractivity contribution in [3.8, 4) is 0 Å². The normalized spacial score (nSPS) is 11.6. The topological polar surface area (TPSA) is 43.1 Å². The highest BCUT2D eigenvalue weighted by atomic mass is 79.9. The van der Waals surface area contributed by atoms with Crippen LogP contribution in [0.15, 0.2) is 22.7 Å². The van der Waals surface area contributed by atoms with Crippen molar-refractivity contribution in [1.82, 2.24) is 0 Å². The molecular weight excluding hydrogens is 309 g/mol. The van der Waals surface area contributed by atoms with Crippen molar-refractivity contribution < 1.29 is 9.18 Å². The average molecular weight is 330 g/mol. The van der Waals surface area contributed by atoms with Gasteiger partial charge in [0.05, 0.1) is 0 Å². The van der Waals surface area contributed by atoms with Crippen LogP contribution in [0.5, 0.6) is 0 Å². The van der Waals surface area contributed by atoms with Crippen molar-refractivity contribution in [3.63, 3.8) is 0 Å². The van der Waals surface area contributed by atoms with Gasteiger partial charge < -0.3 is 5.73 Å². The molecule has 106 valence electrons. The van der Waals surface area contributed by atoms with Crippen LogP contribution >= 0.6 is 15.9 Å². The first-order valence-electron chi connectivity index (χ1n) is 6.49. The maximum atomic E-state index is 13.2. The first-order valence-corrected chi connectivity index (χ1v) is 7.28. The fourth-order valence-electron chi connectivity index (χ4n) is 2.02. The Morgan fingerprint density at radius 2 is 2.00 bits per heavy atom. The van der Waals surface area contributed by atoms with E-state index in [1.54, 1.807) is 6.07 Å². The Labute approximate surface area is 122 Å². The fraction of sp³-hybridized carbons (Fsp3) is 0.533. The van der Waals surface area contributed by atoms with Gasteiger partial charge in [-0.15, -0.1) is 0 Å². The molecule has 0 radical (unpaired) electrons. The third-order valence-corrected chi connectivity index (χ3v) is 3.68. The van der Waals surface area contributed by atoms with E-state index in [1.165, 1.54) is 12.1 Å². The van der Waals surface area contributed by atoms with Crippen LogP contribution in [-0.2, 0) is 11.2 Å². The Morgan fingerprint density at radius 3 is 2.58 bits per heavy atom. The zero-order chi connectivity index (χ0) is 14.5. The van der Waals surface area contributed by atoms with Gasteiger partial charge in [-0.1, -0.05) is 29.8 Å². The number of rotatable bonds is 7. The second kappa shape index (κ2) is 7.15. The van der Waals surface area contributed by atoms with Gasteiger partial charge in [-0.05, 0) is 48.6 Å². The van der Waals surface area contributed by atoms with E-state index in [0.717, 1.165) is 12.8 Å². The molecule has 0 saturated carbocycles. The number of benzene rings is 1. The molecule has 0 unspecified atom stereocenters. The van der Waals surface area contributed by atoms with Crippen LogP contribution < -0.4 is 5.73 Å². The Bertz CT molecular complexity index is 426. The van der Waals surface area contributed by atoms with E-state index < -0.39 is 0 Å². The maximum absolute atomic E-state index is 13.2. The van der Waals surface area contributed by atoms with Crippen molar-refractivity contribution in [2.24, 2.45) is 11.1 Å². The molecule has 0 aliphatic carbocycles. The molecular formula is C15H21BrFNO. The van der Waals surface area contributed by atoms with Crippen LogP contribution in [0.2, 0.25) is 0 Å². The van der Waals surface area contributed by atoms with E-state index >= 15 is 0 Å². The van der Waals surface area contributed by atoms with E-state index in [0.29, 0.717) is 23.0 Å². The zero-order valence-corrected chi connectivity index (χ0v) is 13.1. The lowest BCUT2D eigenvalue weighted by molar-refractivity contribution is -0.119. The molecule has 0 amide bonds. The number of ketones is 1. The summed E-state index contributed by atoms with van der Waals surface area (Å²) in [6.45, 7) is 4.87. The van der Waals surface area contributed by atoms with Crippen molar-refractivity contribution >= 4 is 21.7 Å². The Morgan fingerprint density at radius 1 is 1.32 bits per heavy atom. The molecule has 0 saturated heterocycles. The number of hydrogen-bond acceptors (Lipinski definition) is 2. The highest BCUT2D eigenvalue weighted by Gasteiger charge is 2.18. The molecule has 4 heteroatoms. The number of carbonyl (C=O) groups is 1. The molecule has 0 spiro atoms. The minimum absolute atomic E-state index is 0.0902. The third kappa shape index (κ3) is 6.30. The van der Waals surface area contributed by atoms with Crippen LogP contribution in [0.4, 0.5) is 4.39 Å². The second-order valence-corrected chi connectivity index (χ2v) is 6.61. The lowest BCUT2D eigenvalue weighted by Gasteiger charge is -2.23. The summed E-state index contributed by atoms with van der Waals surface area (Å²) in [5, 5.41) is 0. The summed E-state index contributed by atoms with van der Waals surface area (Å²) < 4.78 is 13.9. The number of hydrogen-bond donors (Lipinski definition) is 1. The lowest BCUT2D eigenvalue weighted by atomic mass is 9.83. The number of Topliss-reactive ketones (excluding diaryl/α,β-unsaturated/α-hetero) is 1. The van der Waals surface area contributed by atoms with Gasteiger partial charge in [-0.3, -0.25) is 4.79 Å². The summed E-state index contributed by atoms with van der Waals surface area (Å²) in [6.07, 6.45) is 2.53. The Kier molecular flexibility index (Phi) is 6.14. The number of halogens is 2. The van der Waals surface area contributed by atoms with Crippen molar-refractivity contribution in [2.75, 3.05) is 6.54 Å². The van der Waals surface area contributed by atoms with Gasteiger partial charge in [0, 0.05) is 17.3 Å². The molecule has 19 heavy (non-hydrogen) atoms. The fourth-order valence-corrected chi connectivity index (χ4v) is 2.54. The van der Waals surface area contributed by atoms with Crippen LogP contribution in [0, 0.1) is 11.2 Å². The summed E-state index contributed by atoms with van der Waals surface area (Å²) in [6, 6.07) is 4.58. The van der Waals surface area contributed by atoms with Crippen molar-refractivity contribution in [2.45, 2.75) is 39.5 Å². The number of nitrogens with two attached hydrogens (primary N) is 1. The molecule has 2 nitrogen and oxygen atoms in total. The molecule has 1 aromatic rings. The highest BCUT2D eigenvalue weighted by Crippen LogP contribution is 2.26. The van der Waals surface area contributed by atoms with Crippen LogP contribution in [0.25, 0.3) is 0 Å². The molecule has 2 N–H and O–H groups in total. The minimum Gasteiger partial charge on any atom is -0.330 e. The number of carbonyl (C=O) groups excluding carboxylic acids is 1. The Balaban J connectivity index is 2.51. The summed E-state index contributed by atoms with van der Waals surface area (Å²) in [5.74, 6) is -0.178. The predicted molar refractivity (Wildman–Crippen MR) is 79.5 cm³/mol. The highest BCUT2D eigenvalue weighted by molar-refractivity contribution is 9.10. The van der Waals surface area contributed by atoms with E-state index in [-0.39, 0.29) is 23.4 Å². The van der Waals surface area contributed by atoms with Crippen LogP contribution in [-0.4, -0.2) is 12.3 Å². The van der Waals surface area contributed by atoms with Gasteiger partial charge in [0.25, 0.3) is 0 Å². The quantitative estimate of drug-likeness (QED) is 0.825. The largest absolute Gasteiger partial charge is 0.330 e. The first kappa shape index (κ1) is 16.3. The molecule has 0 fully saturated rings. The SMILES string of the molecule is CC(C)(CCN)CCC(=O)Cc1cc(F)cc(Br)c1. The first-order chi connectivity index (χ1) is 8.82. The molecule has 0 heterocycles. The van der Waals surface area contributed by atoms with E-state index in [1.807, 2.05) is 0 Å². The summed E-state index contributed by atoms with van der Waals surface area (Å²) in [5.41, 5.74) is 6.35. The van der Waals surface area contributed by atoms with Gasteiger partial charge in [0.15, 0.2) is 0 Å². The summed E-state index contributed by atoms with van der Waals surface area (Å²) in [7, 11) is 0. The zero-order valence-electron chi connectivity index (χ0n) is 11.5. The average Bonchev–Trinajstić information content (AvgIpc) is 2.25. The second-order valence-electron chi connectivity index (χ2n) is 5.70. The van der Waals surface area contributed by atoms with E-state index in [2.05, 4.69) is 29.8 Å².